The van der Waals surface area contributed by atoms with Gasteiger partial charge in [-0.15, -0.1) is 10.2 Å². The molecule has 138 valence electrons. The molecule has 0 radical (unpaired) electrons. The normalized spacial score (nSPS) is 14.5. The zero-order chi connectivity index (χ0) is 18.7. The van der Waals surface area contributed by atoms with Crippen molar-refractivity contribution in [2.45, 2.75) is 4.34 Å². The summed E-state index contributed by atoms with van der Waals surface area (Å²) in [6, 6.07) is 3.14. The third kappa shape index (κ3) is 4.28. The van der Waals surface area contributed by atoms with Crippen LogP contribution < -0.4 is 10.6 Å². The summed E-state index contributed by atoms with van der Waals surface area (Å²) in [5.74, 6) is -2.63. The van der Waals surface area contributed by atoms with Crippen LogP contribution in [0.3, 0.4) is 0 Å². The van der Waals surface area contributed by atoms with Crippen molar-refractivity contribution in [3.8, 4) is 0 Å². The monoisotopic (exact) mass is 399 g/mol. The Morgan fingerprint density at radius 1 is 1.15 bits per heavy atom. The first-order valence-electron chi connectivity index (χ1n) is 7.68. The first-order chi connectivity index (χ1) is 12.4. The van der Waals surface area contributed by atoms with Crippen molar-refractivity contribution in [1.29, 1.82) is 0 Å². The molecule has 1 aliphatic heterocycles. The third-order valence-electron chi connectivity index (χ3n) is 3.74. The van der Waals surface area contributed by atoms with Crippen molar-refractivity contribution in [2.75, 3.05) is 36.8 Å². The second-order valence-corrected chi connectivity index (χ2v) is 7.69. The zero-order valence-electron chi connectivity index (χ0n) is 13.5. The summed E-state index contributed by atoms with van der Waals surface area (Å²) in [4.78, 5) is 26.8. The highest BCUT2D eigenvalue weighted by molar-refractivity contribution is 8.01. The molecule has 1 aromatic carbocycles. The van der Waals surface area contributed by atoms with Gasteiger partial charge in [-0.05, 0) is 18.2 Å². The molecule has 0 saturated carbocycles. The fourth-order valence-corrected chi connectivity index (χ4v) is 4.07. The first kappa shape index (κ1) is 18.5. The highest BCUT2D eigenvalue weighted by atomic mass is 32.2. The van der Waals surface area contributed by atoms with Crippen LogP contribution in [-0.4, -0.2) is 58.8 Å². The zero-order valence-corrected chi connectivity index (χ0v) is 15.2. The van der Waals surface area contributed by atoms with Gasteiger partial charge in [0.05, 0.1) is 5.75 Å². The van der Waals surface area contributed by atoms with Gasteiger partial charge in [-0.1, -0.05) is 23.1 Å². The van der Waals surface area contributed by atoms with E-state index in [9.17, 15) is 18.4 Å². The van der Waals surface area contributed by atoms with Gasteiger partial charge in [0.2, 0.25) is 11.0 Å². The van der Waals surface area contributed by atoms with Crippen LogP contribution in [0.15, 0.2) is 22.5 Å². The summed E-state index contributed by atoms with van der Waals surface area (Å²) in [6.45, 7) is 1.96. The quantitative estimate of drug-likeness (QED) is 0.763. The maximum Gasteiger partial charge on any atom is 0.254 e. The van der Waals surface area contributed by atoms with Gasteiger partial charge >= 0.3 is 0 Å². The molecule has 0 atom stereocenters. The Bertz CT molecular complexity index is 824. The number of primary amides is 1. The van der Waals surface area contributed by atoms with Crippen molar-refractivity contribution in [1.82, 2.24) is 15.1 Å². The number of hydrogen-bond acceptors (Lipinski definition) is 7. The number of aromatic nitrogens is 2. The molecule has 1 aromatic heterocycles. The Labute approximate surface area is 156 Å². The molecule has 0 unspecified atom stereocenters. The predicted octanol–water partition coefficient (Wildman–Crippen LogP) is 1.36. The molecule has 1 fully saturated rings. The van der Waals surface area contributed by atoms with E-state index in [2.05, 4.69) is 10.2 Å². The number of benzene rings is 1. The number of carbonyl (C=O) groups is 2. The maximum absolute atomic E-state index is 13.3. The largest absolute Gasteiger partial charge is 0.369 e. The van der Waals surface area contributed by atoms with Crippen LogP contribution in [0.25, 0.3) is 0 Å². The highest BCUT2D eigenvalue weighted by Crippen LogP contribution is 2.28. The number of nitrogens with two attached hydrogens (primary N) is 1. The van der Waals surface area contributed by atoms with Crippen LogP contribution in [0.4, 0.5) is 13.9 Å². The number of carbonyl (C=O) groups excluding carboxylic acids is 2. The van der Waals surface area contributed by atoms with E-state index in [0.29, 0.717) is 35.7 Å². The summed E-state index contributed by atoms with van der Waals surface area (Å²) in [6.07, 6.45) is 0. The van der Waals surface area contributed by atoms with Gasteiger partial charge in [0.1, 0.15) is 0 Å². The van der Waals surface area contributed by atoms with Gasteiger partial charge in [0.15, 0.2) is 16.0 Å². The Hall–Kier alpha value is -2.27. The minimum atomic E-state index is -1.04. The first-order valence-corrected chi connectivity index (χ1v) is 9.48. The number of halogens is 2. The Morgan fingerprint density at radius 2 is 1.88 bits per heavy atom. The number of nitrogens with zero attached hydrogens (tertiary/aromatic N) is 4. The van der Waals surface area contributed by atoms with E-state index < -0.39 is 17.5 Å². The maximum atomic E-state index is 13.3. The number of piperazine rings is 1. The van der Waals surface area contributed by atoms with E-state index in [1.165, 1.54) is 29.2 Å². The van der Waals surface area contributed by atoms with Crippen LogP contribution in [0.5, 0.6) is 0 Å². The van der Waals surface area contributed by atoms with E-state index in [1.54, 1.807) is 4.90 Å². The predicted molar refractivity (Wildman–Crippen MR) is 94.3 cm³/mol. The van der Waals surface area contributed by atoms with Crippen molar-refractivity contribution in [2.24, 2.45) is 5.73 Å². The molecule has 0 spiro atoms. The topological polar surface area (TPSA) is 92.4 Å². The molecule has 1 saturated heterocycles. The van der Waals surface area contributed by atoms with Crippen molar-refractivity contribution in [3.63, 3.8) is 0 Å². The van der Waals surface area contributed by atoms with E-state index >= 15 is 0 Å². The minimum Gasteiger partial charge on any atom is -0.369 e. The summed E-state index contributed by atoms with van der Waals surface area (Å²) < 4.78 is 27.0. The molecule has 26 heavy (non-hydrogen) atoms. The van der Waals surface area contributed by atoms with Crippen LogP contribution in [0, 0.1) is 11.6 Å². The molecule has 3 rings (SSSR count). The minimum absolute atomic E-state index is 0.124. The number of amides is 2. The summed E-state index contributed by atoms with van der Waals surface area (Å²) in [7, 11) is 0. The van der Waals surface area contributed by atoms with Crippen molar-refractivity contribution >= 4 is 40.0 Å². The lowest BCUT2D eigenvalue weighted by molar-refractivity contribution is -0.115. The van der Waals surface area contributed by atoms with Gasteiger partial charge in [0, 0.05) is 31.7 Å². The van der Waals surface area contributed by atoms with Gasteiger partial charge in [-0.3, -0.25) is 9.59 Å². The molecule has 7 nitrogen and oxygen atoms in total. The molecule has 11 heteroatoms. The fourth-order valence-electron chi connectivity index (χ4n) is 2.43. The Balaban J connectivity index is 1.57. The third-order valence-corrected chi connectivity index (χ3v) is 5.88. The van der Waals surface area contributed by atoms with Gasteiger partial charge in [0.25, 0.3) is 5.91 Å². The standard InChI is InChI=1S/C15H15F2N5O2S2/c16-10-2-1-9(7-11(10)17)13(24)21-3-5-22(6-4-21)14-19-20-15(26-14)25-8-12(18)23/h1-2,7H,3-6,8H2,(H2,18,23). The molecular weight excluding hydrogens is 384 g/mol. The summed E-state index contributed by atoms with van der Waals surface area (Å²) >= 11 is 2.59. The highest BCUT2D eigenvalue weighted by Gasteiger charge is 2.24. The molecule has 2 aromatic rings. The Kier molecular flexibility index (Phi) is 5.67. The average Bonchev–Trinajstić information content (AvgIpc) is 3.11. The van der Waals surface area contributed by atoms with Crippen LogP contribution in [0.1, 0.15) is 10.4 Å². The van der Waals surface area contributed by atoms with Crippen LogP contribution in [-0.2, 0) is 4.79 Å². The van der Waals surface area contributed by atoms with Gasteiger partial charge in [-0.2, -0.15) is 0 Å². The number of rotatable bonds is 5. The van der Waals surface area contributed by atoms with E-state index in [-0.39, 0.29) is 17.2 Å². The smallest absolute Gasteiger partial charge is 0.254 e. The van der Waals surface area contributed by atoms with E-state index in [4.69, 9.17) is 5.73 Å². The molecule has 0 aliphatic carbocycles. The molecule has 2 N–H and O–H groups in total. The molecular formula is C15H15F2N5O2S2. The van der Waals surface area contributed by atoms with Crippen molar-refractivity contribution < 1.29 is 18.4 Å². The molecule has 2 heterocycles. The van der Waals surface area contributed by atoms with Gasteiger partial charge in [-0.25, -0.2) is 8.78 Å². The number of hydrogen-bond donors (Lipinski definition) is 1. The van der Waals surface area contributed by atoms with Crippen molar-refractivity contribution in [3.05, 3.63) is 35.4 Å². The molecule has 0 bridgehead atoms. The van der Waals surface area contributed by atoms with E-state index in [0.717, 1.165) is 12.1 Å². The SMILES string of the molecule is NC(=O)CSc1nnc(N2CCN(C(=O)c3ccc(F)c(F)c3)CC2)s1. The van der Waals surface area contributed by atoms with Gasteiger partial charge < -0.3 is 15.5 Å². The lowest BCUT2D eigenvalue weighted by atomic mass is 10.1. The number of anilines is 1. The van der Waals surface area contributed by atoms with E-state index in [1.807, 2.05) is 4.90 Å². The second kappa shape index (κ2) is 7.96. The lowest BCUT2D eigenvalue weighted by Gasteiger charge is -2.34. The summed E-state index contributed by atoms with van der Waals surface area (Å²) in [5, 5.41) is 8.81. The Morgan fingerprint density at radius 3 is 2.54 bits per heavy atom. The summed E-state index contributed by atoms with van der Waals surface area (Å²) in [5.41, 5.74) is 5.23. The molecule has 2 amide bonds. The fraction of sp³-hybridized carbons (Fsp3) is 0.333. The number of thioether (sulfide) groups is 1. The lowest BCUT2D eigenvalue weighted by Crippen LogP contribution is -2.48. The molecule has 1 aliphatic rings. The van der Waals surface area contributed by atoms with Crippen LogP contribution >= 0.6 is 23.1 Å². The average molecular weight is 399 g/mol. The second-order valence-electron chi connectivity index (χ2n) is 5.51. The van der Waals surface area contributed by atoms with Crippen LogP contribution in [0.2, 0.25) is 0 Å².